The average molecular weight is 462 g/mol. The number of ether oxygens (including phenoxy) is 1. The molecule has 6 nitrogen and oxygen atoms in total. The summed E-state index contributed by atoms with van der Waals surface area (Å²) in [6, 6.07) is 21.4. The van der Waals surface area contributed by atoms with E-state index in [0.717, 1.165) is 17.7 Å². The number of benzene rings is 3. The van der Waals surface area contributed by atoms with Crippen molar-refractivity contribution in [3.05, 3.63) is 89.5 Å². The first-order valence-electron chi connectivity index (χ1n) is 10.7. The predicted molar refractivity (Wildman–Crippen MR) is 136 cm³/mol. The zero-order valence-electron chi connectivity index (χ0n) is 18.8. The minimum Gasteiger partial charge on any atom is -0.491 e. The van der Waals surface area contributed by atoms with Crippen molar-refractivity contribution in [2.75, 3.05) is 10.6 Å². The molecule has 7 heteroatoms. The number of hydrogen-bond donors (Lipinski definition) is 3. The SMILES string of the molecule is CCC(C)Oc1ccc(C(=O)NC(=S)Nc2ccc(NC(=O)c3ccccc3C)cc2)cc1. The molecule has 3 aromatic rings. The van der Waals surface area contributed by atoms with Gasteiger partial charge in [0.15, 0.2) is 5.11 Å². The summed E-state index contributed by atoms with van der Waals surface area (Å²) in [4.78, 5) is 24.9. The number of thiocarbonyl (C=S) groups is 1. The van der Waals surface area contributed by atoms with Crippen molar-refractivity contribution in [3.8, 4) is 5.75 Å². The summed E-state index contributed by atoms with van der Waals surface area (Å²) in [5.41, 5.74) is 3.36. The lowest BCUT2D eigenvalue weighted by molar-refractivity contribution is 0.0976. The number of carbonyl (C=O) groups is 2. The molecule has 0 aliphatic carbocycles. The highest BCUT2D eigenvalue weighted by Crippen LogP contribution is 2.17. The Morgan fingerprint density at radius 1 is 0.879 bits per heavy atom. The van der Waals surface area contributed by atoms with Crippen LogP contribution in [0.25, 0.3) is 0 Å². The highest BCUT2D eigenvalue weighted by molar-refractivity contribution is 7.80. The molecule has 0 aliphatic heterocycles. The van der Waals surface area contributed by atoms with Crippen molar-refractivity contribution in [1.29, 1.82) is 0 Å². The van der Waals surface area contributed by atoms with Gasteiger partial charge in [-0.1, -0.05) is 25.1 Å². The maximum absolute atomic E-state index is 12.4. The van der Waals surface area contributed by atoms with Gasteiger partial charge in [-0.25, -0.2) is 0 Å². The topological polar surface area (TPSA) is 79.5 Å². The quantitative estimate of drug-likeness (QED) is 0.402. The standard InChI is InChI=1S/C26H27N3O3S/c1-4-18(3)32-22-15-9-19(10-16-22)24(30)29-26(33)28-21-13-11-20(12-14-21)27-25(31)23-8-6-5-7-17(23)2/h5-16,18H,4H2,1-3H3,(H,27,31)(H2,28,29,30,33). The second-order valence-corrected chi connectivity index (χ2v) is 8.02. The van der Waals surface area contributed by atoms with E-state index in [1.54, 1.807) is 54.6 Å². The average Bonchev–Trinajstić information content (AvgIpc) is 2.80. The number of rotatable bonds is 7. The first kappa shape index (κ1) is 23.9. The first-order chi connectivity index (χ1) is 15.9. The van der Waals surface area contributed by atoms with E-state index in [-0.39, 0.29) is 23.0 Å². The molecule has 0 heterocycles. The number of hydrogen-bond acceptors (Lipinski definition) is 4. The fourth-order valence-electron chi connectivity index (χ4n) is 3.00. The molecule has 3 rings (SSSR count). The minimum absolute atomic E-state index is 0.114. The van der Waals surface area contributed by atoms with Crippen molar-refractivity contribution >= 4 is 40.5 Å². The molecular formula is C26H27N3O3S. The molecule has 3 aromatic carbocycles. The molecule has 170 valence electrons. The van der Waals surface area contributed by atoms with Gasteiger partial charge in [-0.3, -0.25) is 14.9 Å². The van der Waals surface area contributed by atoms with Crippen LogP contribution in [0.15, 0.2) is 72.8 Å². The van der Waals surface area contributed by atoms with Crippen LogP contribution >= 0.6 is 12.2 Å². The maximum Gasteiger partial charge on any atom is 0.257 e. The van der Waals surface area contributed by atoms with E-state index in [4.69, 9.17) is 17.0 Å². The van der Waals surface area contributed by atoms with E-state index in [9.17, 15) is 9.59 Å². The van der Waals surface area contributed by atoms with E-state index < -0.39 is 0 Å². The number of nitrogens with one attached hydrogen (secondary N) is 3. The molecule has 0 aromatic heterocycles. The van der Waals surface area contributed by atoms with Gasteiger partial charge in [-0.05, 0) is 92.6 Å². The zero-order valence-corrected chi connectivity index (χ0v) is 19.7. The highest BCUT2D eigenvalue weighted by atomic mass is 32.1. The van der Waals surface area contributed by atoms with Crippen LogP contribution in [0.5, 0.6) is 5.75 Å². The third-order valence-electron chi connectivity index (χ3n) is 5.05. The summed E-state index contributed by atoms with van der Waals surface area (Å²) in [7, 11) is 0. The molecule has 0 aliphatic rings. The number of aryl methyl sites for hydroxylation is 1. The van der Waals surface area contributed by atoms with Gasteiger partial charge < -0.3 is 15.4 Å². The smallest absolute Gasteiger partial charge is 0.257 e. The molecule has 0 bridgehead atoms. The molecule has 2 amide bonds. The molecule has 0 radical (unpaired) electrons. The fraction of sp³-hybridized carbons (Fsp3) is 0.192. The number of carbonyl (C=O) groups excluding carboxylic acids is 2. The van der Waals surface area contributed by atoms with Gasteiger partial charge in [-0.2, -0.15) is 0 Å². The van der Waals surface area contributed by atoms with Crippen LogP contribution in [0.3, 0.4) is 0 Å². The lowest BCUT2D eigenvalue weighted by atomic mass is 10.1. The Hall–Kier alpha value is -3.71. The van der Waals surface area contributed by atoms with Crippen molar-refractivity contribution in [3.63, 3.8) is 0 Å². The Kier molecular flexibility index (Phi) is 8.16. The Balaban J connectivity index is 1.52. The summed E-state index contributed by atoms with van der Waals surface area (Å²) in [6.07, 6.45) is 1.02. The van der Waals surface area contributed by atoms with Crippen LogP contribution in [0, 0.1) is 6.92 Å². The van der Waals surface area contributed by atoms with Crippen LogP contribution in [0.4, 0.5) is 11.4 Å². The molecule has 3 N–H and O–H groups in total. The fourth-order valence-corrected chi connectivity index (χ4v) is 3.21. The molecule has 1 unspecified atom stereocenters. The highest BCUT2D eigenvalue weighted by Gasteiger charge is 2.11. The van der Waals surface area contributed by atoms with Gasteiger partial charge in [0, 0.05) is 22.5 Å². The molecule has 33 heavy (non-hydrogen) atoms. The Morgan fingerprint density at radius 2 is 1.48 bits per heavy atom. The molecular weight excluding hydrogens is 434 g/mol. The summed E-state index contributed by atoms with van der Waals surface area (Å²) < 4.78 is 5.73. The summed E-state index contributed by atoms with van der Waals surface area (Å²) in [5, 5.41) is 8.68. The third kappa shape index (κ3) is 6.89. The lowest BCUT2D eigenvalue weighted by Gasteiger charge is -2.13. The van der Waals surface area contributed by atoms with E-state index in [1.165, 1.54) is 0 Å². The third-order valence-corrected chi connectivity index (χ3v) is 5.25. The van der Waals surface area contributed by atoms with Crippen LogP contribution < -0.4 is 20.7 Å². The second-order valence-electron chi connectivity index (χ2n) is 7.62. The summed E-state index contributed by atoms with van der Waals surface area (Å²) >= 11 is 5.25. The van der Waals surface area contributed by atoms with Crippen LogP contribution in [-0.4, -0.2) is 23.0 Å². The monoisotopic (exact) mass is 461 g/mol. The van der Waals surface area contributed by atoms with Crippen molar-refractivity contribution in [1.82, 2.24) is 5.32 Å². The Bertz CT molecular complexity index is 1130. The van der Waals surface area contributed by atoms with Gasteiger partial charge in [0.2, 0.25) is 0 Å². The van der Waals surface area contributed by atoms with Gasteiger partial charge in [0.05, 0.1) is 6.10 Å². The number of anilines is 2. The Morgan fingerprint density at radius 3 is 2.09 bits per heavy atom. The summed E-state index contributed by atoms with van der Waals surface area (Å²) in [6.45, 7) is 5.94. The van der Waals surface area contributed by atoms with E-state index in [1.807, 2.05) is 32.0 Å². The minimum atomic E-state index is -0.315. The van der Waals surface area contributed by atoms with Gasteiger partial charge >= 0.3 is 0 Å². The Labute approximate surface area is 199 Å². The molecule has 0 spiro atoms. The summed E-state index contributed by atoms with van der Waals surface area (Å²) in [5.74, 6) is 0.234. The van der Waals surface area contributed by atoms with Crippen molar-refractivity contribution in [2.24, 2.45) is 0 Å². The molecule has 0 saturated heterocycles. The maximum atomic E-state index is 12.4. The second kappa shape index (κ2) is 11.2. The normalized spacial score (nSPS) is 11.2. The largest absolute Gasteiger partial charge is 0.491 e. The van der Waals surface area contributed by atoms with Gasteiger partial charge in [0.1, 0.15) is 5.75 Å². The van der Waals surface area contributed by atoms with E-state index >= 15 is 0 Å². The van der Waals surface area contributed by atoms with Crippen molar-refractivity contribution in [2.45, 2.75) is 33.3 Å². The molecule has 0 saturated carbocycles. The van der Waals surface area contributed by atoms with Crippen LogP contribution in [0.1, 0.15) is 46.5 Å². The van der Waals surface area contributed by atoms with E-state index in [2.05, 4.69) is 22.9 Å². The van der Waals surface area contributed by atoms with Gasteiger partial charge in [-0.15, -0.1) is 0 Å². The zero-order chi connectivity index (χ0) is 23.8. The number of amides is 2. The van der Waals surface area contributed by atoms with Gasteiger partial charge in [0.25, 0.3) is 11.8 Å². The molecule has 0 fully saturated rings. The molecule has 1 atom stereocenters. The predicted octanol–water partition coefficient (Wildman–Crippen LogP) is 5.55. The van der Waals surface area contributed by atoms with Crippen LogP contribution in [-0.2, 0) is 0 Å². The van der Waals surface area contributed by atoms with Crippen LogP contribution in [0.2, 0.25) is 0 Å². The van der Waals surface area contributed by atoms with Crippen molar-refractivity contribution < 1.29 is 14.3 Å². The lowest BCUT2D eigenvalue weighted by Crippen LogP contribution is -2.34. The van der Waals surface area contributed by atoms with E-state index in [0.29, 0.717) is 22.5 Å². The first-order valence-corrected chi connectivity index (χ1v) is 11.1.